The molecular formula is C36H53N5O5. The summed E-state index contributed by atoms with van der Waals surface area (Å²) in [6, 6.07) is 11.0. The van der Waals surface area contributed by atoms with Crippen molar-refractivity contribution in [2.24, 2.45) is 29.1 Å². The first-order valence-electron chi connectivity index (χ1n) is 16.6. The van der Waals surface area contributed by atoms with E-state index in [1.807, 2.05) is 69.4 Å². The fourth-order valence-electron chi connectivity index (χ4n) is 8.34. The maximum Gasteiger partial charge on any atom is 0.251 e. The number of nitrogens with one attached hydrogen (secondary N) is 3. The van der Waals surface area contributed by atoms with Gasteiger partial charge in [-0.25, -0.2) is 0 Å². The van der Waals surface area contributed by atoms with Crippen LogP contribution in [0.15, 0.2) is 36.4 Å². The smallest absolute Gasteiger partial charge is 0.251 e. The SMILES string of the molecule is CNC(=O)c1cc(-c2cccc(CN3O[C@@H](CO)[C@@H](C(C)NC)[C@H]3C(=O)N[C@H]3C[C@H]4C[C@H]([C@@H]3C)C4(C)C)c2OC)cc(N(C)C)c1. The highest BCUT2D eigenvalue weighted by molar-refractivity contribution is 5.97. The third-order valence-electron chi connectivity index (χ3n) is 11.4. The molecule has 3 saturated carbocycles. The van der Waals surface area contributed by atoms with Gasteiger partial charge in [0.25, 0.3) is 5.91 Å². The van der Waals surface area contributed by atoms with Crippen LogP contribution < -0.4 is 25.6 Å². The summed E-state index contributed by atoms with van der Waals surface area (Å²) < 4.78 is 6.03. The predicted molar refractivity (Wildman–Crippen MR) is 181 cm³/mol. The number of para-hydroxylation sites is 1. The number of amides is 2. The zero-order valence-corrected chi connectivity index (χ0v) is 28.9. The molecular weight excluding hydrogens is 582 g/mol. The summed E-state index contributed by atoms with van der Waals surface area (Å²) in [5.74, 6) is 1.73. The monoisotopic (exact) mass is 635 g/mol. The lowest BCUT2D eigenvalue weighted by atomic mass is 9.45. The molecule has 252 valence electrons. The summed E-state index contributed by atoms with van der Waals surface area (Å²) >= 11 is 0. The van der Waals surface area contributed by atoms with Crippen LogP contribution in [0, 0.1) is 29.1 Å². The number of fused-ring (bicyclic) bond motifs is 2. The topological polar surface area (TPSA) is 115 Å². The van der Waals surface area contributed by atoms with Crippen LogP contribution in [0.5, 0.6) is 5.75 Å². The number of methoxy groups -OCH3 is 1. The third-order valence-corrected chi connectivity index (χ3v) is 11.4. The molecule has 2 bridgehead atoms. The van der Waals surface area contributed by atoms with Gasteiger partial charge in [0.2, 0.25) is 5.91 Å². The van der Waals surface area contributed by atoms with Gasteiger partial charge in [-0.15, -0.1) is 0 Å². The molecule has 1 heterocycles. The van der Waals surface area contributed by atoms with E-state index in [9.17, 15) is 14.7 Å². The number of hydrogen-bond donors (Lipinski definition) is 4. The quantitative estimate of drug-likeness (QED) is 0.296. The Morgan fingerprint density at radius 2 is 1.91 bits per heavy atom. The van der Waals surface area contributed by atoms with Crippen molar-refractivity contribution in [1.82, 2.24) is 21.0 Å². The van der Waals surface area contributed by atoms with E-state index < -0.39 is 12.1 Å². The first-order chi connectivity index (χ1) is 21.9. The highest BCUT2D eigenvalue weighted by Gasteiger charge is 2.57. The van der Waals surface area contributed by atoms with Gasteiger partial charge >= 0.3 is 0 Å². The molecule has 10 nitrogen and oxygen atoms in total. The van der Waals surface area contributed by atoms with Crippen molar-refractivity contribution >= 4 is 17.5 Å². The minimum Gasteiger partial charge on any atom is -0.496 e. The Kier molecular flexibility index (Phi) is 10.0. The maximum absolute atomic E-state index is 14.3. The van der Waals surface area contributed by atoms with Crippen LogP contribution in [0.25, 0.3) is 11.1 Å². The number of carbonyl (C=O) groups excluding carboxylic acids is 2. The molecule has 8 atom stereocenters. The number of carbonyl (C=O) groups is 2. The standard InChI is InChI=1S/C36H53N5O5/c1-20-28-16-25(36(28,3)4)17-29(20)39-35(44)32-31(21(2)37-5)30(19-42)46-41(32)18-22-11-10-12-27(33(22)45-9)23-13-24(34(43)38-6)15-26(14-23)40(7)8/h10-15,20-21,25,28-32,37,42H,16-19H2,1-9H3,(H,38,43)(H,39,44)/t20-,21?,25+,28+,29-,30-,31+,32-/m0/s1. The van der Waals surface area contributed by atoms with Crippen LogP contribution in [0.2, 0.25) is 0 Å². The van der Waals surface area contributed by atoms with Gasteiger partial charge in [-0.3, -0.25) is 14.4 Å². The van der Waals surface area contributed by atoms with Gasteiger partial charge < -0.3 is 30.7 Å². The van der Waals surface area contributed by atoms with Gasteiger partial charge in [-0.1, -0.05) is 39.0 Å². The summed E-state index contributed by atoms with van der Waals surface area (Å²) in [5.41, 5.74) is 4.24. The van der Waals surface area contributed by atoms with Crippen molar-refractivity contribution in [2.45, 2.75) is 71.3 Å². The second-order valence-corrected chi connectivity index (χ2v) is 14.3. The van der Waals surface area contributed by atoms with Crippen LogP contribution in [0.1, 0.15) is 56.5 Å². The average molecular weight is 636 g/mol. The number of rotatable bonds is 11. The Labute approximate surface area is 274 Å². The lowest BCUT2D eigenvalue weighted by Gasteiger charge is -2.62. The average Bonchev–Trinajstić information content (AvgIpc) is 3.42. The van der Waals surface area contributed by atoms with Crippen LogP contribution >= 0.6 is 0 Å². The molecule has 0 radical (unpaired) electrons. The van der Waals surface area contributed by atoms with E-state index in [4.69, 9.17) is 9.57 Å². The minimum atomic E-state index is -0.622. The summed E-state index contributed by atoms with van der Waals surface area (Å²) in [5, 5.41) is 21.6. The Bertz CT molecular complexity index is 1430. The molecule has 46 heavy (non-hydrogen) atoms. The Morgan fingerprint density at radius 3 is 2.50 bits per heavy atom. The summed E-state index contributed by atoms with van der Waals surface area (Å²) in [7, 11) is 9.00. The Balaban J connectivity index is 1.48. The van der Waals surface area contributed by atoms with Gasteiger partial charge in [0.15, 0.2) is 0 Å². The molecule has 6 rings (SSSR count). The summed E-state index contributed by atoms with van der Waals surface area (Å²) in [6.07, 6.45) is 1.68. The highest BCUT2D eigenvalue weighted by Crippen LogP contribution is 2.61. The fourth-order valence-corrected chi connectivity index (χ4v) is 8.34. The second kappa shape index (κ2) is 13.5. The molecule has 2 amide bonds. The Morgan fingerprint density at radius 1 is 1.17 bits per heavy atom. The Hall–Kier alpha value is -3.18. The highest BCUT2D eigenvalue weighted by atomic mass is 16.7. The van der Waals surface area contributed by atoms with Crippen molar-refractivity contribution in [2.75, 3.05) is 46.8 Å². The zero-order valence-electron chi connectivity index (χ0n) is 28.9. The molecule has 10 heteroatoms. The lowest BCUT2D eigenvalue weighted by molar-refractivity contribution is -0.183. The first kappa shape index (κ1) is 34.2. The number of benzene rings is 2. The number of aliphatic hydroxyl groups excluding tert-OH is 1. The molecule has 0 spiro atoms. The molecule has 0 aromatic heterocycles. The normalized spacial score (nSPS) is 29.0. The number of hydroxylamine groups is 2. The van der Waals surface area contributed by atoms with E-state index >= 15 is 0 Å². The van der Waals surface area contributed by atoms with Crippen molar-refractivity contribution in [3.8, 4) is 16.9 Å². The first-order valence-corrected chi connectivity index (χ1v) is 16.6. The second-order valence-electron chi connectivity index (χ2n) is 14.3. The van der Waals surface area contributed by atoms with E-state index in [1.165, 1.54) is 6.42 Å². The summed E-state index contributed by atoms with van der Waals surface area (Å²) in [6.45, 7) is 9.10. The van der Waals surface area contributed by atoms with E-state index in [0.29, 0.717) is 34.5 Å². The van der Waals surface area contributed by atoms with Crippen LogP contribution in [0.4, 0.5) is 5.69 Å². The third kappa shape index (κ3) is 6.12. The zero-order chi connectivity index (χ0) is 33.5. The number of aliphatic hydroxyl groups is 1. The molecule has 1 saturated heterocycles. The molecule has 2 aromatic carbocycles. The van der Waals surface area contributed by atoms with Gasteiger partial charge in [-0.2, -0.15) is 5.06 Å². The van der Waals surface area contributed by atoms with Crippen LogP contribution in [-0.2, 0) is 16.2 Å². The van der Waals surface area contributed by atoms with Crippen molar-refractivity contribution < 1.29 is 24.3 Å². The van der Waals surface area contributed by atoms with Gasteiger partial charge in [0.1, 0.15) is 17.9 Å². The molecule has 4 N–H and O–H groups in total. The number of ether oxygens (including phenoxy) is 1. The summed E-state index contributed by atoms with van der Waals surface area (Å²) in [4.78, 5) is 35.3. The maximum atomic E-state index is 14.3. The van der Waals surface area contributed by atoms with Crippen LogP contribution in [0.3, 0.4) is 0 Å². The van der Waals surface area contributed by atoms with Gasteiger partial charge in [-0.05, 0) is 73.7 Å². The number of nitrogens with zero attached hydrogens (tertiary/aromatic N) is 2. The molecule has 4 aliphatic rings. The van der Waals surface area contributed by atoms with Crippen molar-refractivity contribution in [3.63, 3.8) is 0 Å². The fraction of sp³-hybridized carbons (Fsp3) is 0.611. The number of anilines is 1. The van der Waals surface area contributed by atoms with Gasteiger partial charge in [0.05, 0.1) is 20.3 Å². The van der Waals surface area contributed by atoms with Crippen molar-refractivity contribution in [3.05, 3.63) is 47.5 Å². The van der Waals surface area contributed by atoms with E-state index in [1.54, 1.807) is 19.2 Å². The van der Waals surface area contributed by atoms with E-state index in [0.717, 1.165) is 28.8 Å². The predicted octanol–water partition coefficient (Wildman–Crippen LogP) is 3.68. The molecule has 2 aromatic rings. The molecule has 1 aliphatic heterocycles. The largest absolute Gasteiger partial charge is 0.496 e. The van der Waals surface area contributed by atoms with Crippen LogP contribution in [-0.4, -0.2) is 88.1 Å². The van der Waals surface area contributed by atoms with Crippen molar-refractivity contribution in [1.29, 1.82) is 0 Å². The van der Waals surface area contributed by atoms with Gasteiger partial charge in [0, 0.05) is 61.5 Å². The van der Waals surface area contributed by atoms with E-state index in [-0.39, 0.29) is 43.0 Å². The van der Waals surface area contributed by atoms with E-state index in [2.05, 4.69) is 36.7 Å². The molecule has 3 aliphatic carbocycles. The molecule has 4 fully saturated rings. The molecule has 1 unspecified atom stereocenters. The lowest BCUT2D eigenvalue weighted by Crippen LogP contribution is -2.62. The minimum absolute atomic E-state index is 0.0666. The number of hydrogen-bond acceptors (Lipinski definition) is 8.